The van der Waals surface area contributed by atoms with E-state index in [1.54, 1.807) is 18.4 Å². The first-order valence-corrected chi connectivity index (χ1v) is 10.4. The molecule has 2 heterocycles. The molecule has 1 amide bonds. The van der Waals surface area contributed by atoms with Crippen LogP contribution in [0.25, 0.3) is 10.2 Å². The second kappa shape index (κ2) is 7.92. The van der Waals surface area contributed by atoms with Gasteiger partial charge >= 0.3 is 0 Å². The molecule has 2 aliphatic rings. The highest BCUT2D eigenvalue weighted by Crippen LogP contribution is 2.34. The summed E-state index contributed by atoms with van der Waals surface area (Å²) >= 11 is 1.58. The van der Waals surface area contributed by atoms with Crippen LogP contribution < -0.4 is 9.64 Å². The molecular weight excluding hydrogens is 348 g/mol. The summed E-state index contributed by atoms with van der Waals surface area (Å²) in [5, 5.41) is 0.791. The lowest BCUT2D eigenvalue weighted by atomic mass is 9.88. The Morgan fingerprint density at radius 3 is 2.85 bits per heavy atom. The maximum atomic E-state index is 13.3. The Balaban J connectivity index is 1.63. The Hall–Kier alpha value is -1.66. The molecule has 1 atom stereocenters. The summed E-state index contributed by atoms with van der Waals surface area (Å²) in [5.74, 6) is 1.15. The van der Waals surface area contributed by atoms with E-state index in [1.807, 2.05) is 23.1 Å². The summed E-state index contributed by atoms with van der Waals surface area (Å²) in [5.41, 5.74) is 0.887. The summed E-state index contributed by atoms with van der Waals surface area (Å²) in [4.78, 5) is 20.0. The smallest absolute Gasteiger partial charge is 0.231 e. The van der Waals surface area contributed by atoms with Gasteiger partial charge in [0.05, 0.1) is 30.0 Å². The van der Waals surface area contributed by atoms with Gasteiger partial charge in [-0.2, -0.15) is 0 Å². The van der Waals surface area contributed by atoms with Crippen LogP contribution in [0, 0.1) is 5.92 Å². The minimum Gasteiger partial charge on any atom is -0.497 e. The summed E-state index contributed by atoms with van der Waals surface area (Å²) in [6.07, 6.45) is 7.78. The van der Waals surface area contributed by atoms with E-state index in [1.165, 1.54) is 6.42 Å². The number of methoxy groups -OCH3 is 1. The molecule has 0 radical (unpaired) electrons. The van der Waals surface area contributed by atoms with Gasteiger partial charge in [0.15, 0.2) is 5.13 Å². The van der Waals surface area contributed by atoms with Crippen LogP contribution >= 0.6 is 11.3 Å². The molecule has 1 saturated carbocycles. The number of aromatic nitrogens is 1. The van der Waals surface area contributed by atoms with Crippen molar-refractivity contribution in [1.29, 1.82) is 0 Å². The van der Waals surface area contributed by atoms with Crippen molar-refractivity contribution >= 4 is 32.6 Å². The van der Waals surface area contributed by atoms with Crippen molar-refractivity contribution in [3.63, 3.8) is 0 Å². The second-order valence-corrected chi connectivity index (χ2v) is 8.26. The average molecular weight is 375 g/mol. The van der Waals surface area contributed by atoms with Gasteiger partial charge in [-0.1, -0.05) is 30.6 Å². The molecule has 0 N–H and O–H groups in total. The van der Waals surface area contributed by atoms with Crippen LogP contribution in [-0.4, -0.2) is 37.3 Å². The lowest BCUT2D eigenvalue weighted by molar-refractivity contribution is -0.123. The van der Waals surface area contributed by atoms with E-state index in [2.05, 4.69) is 0 Å². The molecule has 140 valence electrons. The number of ether oxygens (including phenoxy) is 2. The molecule has 2 aromatic rings. The highest BCUT2D eigenvalue weighted by Gasteiger charge is 2.31. The Morgan fingerprint density at radius 2 is 2.12 bits per heavy atom. The predicted octanol–water partition coefficient (Wildman–Crippen LogP) is 4.40. The first-order chi connectivity index (χ1) is 12.7. The van der Waals surface area contributed by atoms with Gasteiger partial charge in [0.1, 0.15) is 5.75 Å². The Labute approximate surface area is 158 Å². The third kappa shape index (κ3) is 3.71. The summed E-state index contributed by atoms with van der Waals surface area (Å²) in [6.45, 7) is 1.42. The summed E-state index contributed by atoms with van der Waals surface area (Å²) in [7, 11) is 1.66. The van der Waals surface area contributed by atoms with Crippen LogP contribution in [0.1, 0.15) is 44.9 Å². The van der Waals surface area contributed by atoms with Crippen LogP contribution in [0.3, 0.4) is 0 Å². The number of carbonyl (C=O) groups excluding carboxylic acids is 1. The van der Waals surface area contributed by atoms with Gasteiger partial charge in [-0.25, -0.2) is 4.98 Å². The molecule has 4 rings (SSSR count). The van der Waals surface area contributed by atoms with Gasteiger partial charge in [-0.05, 0) is 37.8 Å². The van der Waals surface area contributed by atoms with E-state index in [9.17, 15) is 4.79 Å². The van der Waals surface area contributed by atoms with Gasteiger partial charge < -0.3 is 9.47 Å². The largest absolute Gasteiger partial charge is 0.497 e. The Morgan fingerprint density at radius 1 is 1.27 bits per heavy atom. The number of rotatable bonds is 5. The fraction of sp³-hybridized carbons (Fsp3) is 0.600. The molecule has 5 nitrogen and oxygen atoms in total. The first-order valence-electron chi connectivity index (χ1n) is 9.62. The van der Waals surface area contributed by atoms with Crippen LogP contribution in [-0.2, 0) is 9.53 Å². The predicted molar refractivity (Wildman–Crippen MR) is 104 cm³/mol. The van der Waals surface area contributed by atoms with Gasteiger partial charge in [-0.15, -0.1) is 0 Å². The lowest BCUT2D eigenvalue weighted by Crippen LogP contribution is -2.41. The molecule has 1 saturated heterocycles. The van der Waals surface area contributed by atoms with Crippen molar-refractivity contribution in [3.05, 3.63) is 18.2 Å². The normalized spacial score (nSPS) is 21.2. The third-order valence-electron chi connectivity index (χ3n) is 5.44. The third-order valence-corrected chi connectivity index (χ3v) is 6.50. The van der Waals surface area contributed by atoms with E-state index in [4.69, 9.17) is 14.5 Å². The standard InChI is InChI=1S/C20H26N2O3S/c1-24-15-9-10-18-17(12-15)21-20(26-18)22(13-16-8-5-11-25-16)19(23)14-6-3-2-4-7-14/h9-10,12,14,16H,2-8,11,13H2,1H3. The fourth-order valence-electron chi connectivity index (χ4n) is 3.96. The molecule has 1 aliphatic carbocycles. The number of fused-ring (bicyclic) bond motifs is 1. The number of benzene rings is 1. The highest BCUT2D eigenvalue weighted by molar-refractivity contribution is 7.22. The number of thiazole rings is 1. The van der Waals surface area contributed by atoms with Crippen molar-refractivity contribution in [2.75, 3.05) is 25.2 Å². The van der Waals surface area contributed by atoms with E-state index < -0.39 is 0 Å². The SMILES string of the molecule is COc1ccc2sc(N(CC3CCCO3)C(=O)C3CCCCC3)nc2c1. The van der Waals surface area contributed by atoms with Crippen LogP contribution in [0.2, 0.25) is 0 Å². The molecular formula is C20H26N2O3S. The Kier molecular flexibility index (Phi) is 5.41. The van der Waals surface area contributed by atoms with Crippen molar-refractivity contribution in [2.24, 2.45) is 5.92 Å². The number of anilines is 1. The molecule has 1 aliphatic heterocycles. The van der Waals surface area contributed by atoms with Crippen LogP contribution in [0.4, 0.5) is 5.13 Å². The molecule has 26 heavy (non-hydrogen) atoms. The zero-order chi connectivity index (χ0) is 17.9. The second-order valence-electron chi connectivity index (χ2n) is 7.25. The zero-order valence-corrected chi connectivity index (χ0v) is 16.1. The number of hydrogen-bond donors (Lipinski definition) is 0. The molecule has 0 bridgehead atoms. The fourth-order valence-corrected chi connectivity index (χ4v) is 4.92. The molecule has 1 aromatic heterocycles. The van der Waals surface area contributed by atoms with Gasteiger partial charge in [0, 0.05) is 18.6 Å². The maximum absolute atomic E-state index is 13.3. The van der Waals surface area contributed by atoms with Gasteiger partial charge in [0.25, 0.3) is 0 Å². The average Bonchev–Trinajstić information content (AvgIpc) is 3.34. The molecule has 6 heteroatoms. The van der Waals surface area contributed by atoms with Crippen molar-refractivity contribution < 1.29 is 14.3 Å². The minimum absolute atomic E-state index is 0.129. The summed E-state index contributed by atoms with van der Waals surface area (Å²) in [6, 6.07) is 5.90. The van der Waals surface area contributed by atoms with E-state index in [0.29, 0.717) is 6.54 Å². The molecule has 1 unspecified atom stereocenters. The number of carbonyl (C=O) groups is 1. The molecule has 2 fully saturated rings. The Bertz CT molecular complexity index is 764. The first kappa shape index (κ1) is 17.7. The van der Waals surface area contributed by atoms with Crippen molar-refractivity contribution in [3.8, 4) is 5.75 Å². The zero-order valence-electron chi connectivity index (χ0n) is 15.3. The number of hydrogen-bond acceptors (Lipinski definition) is 5. The topological polar surface area (TPSA) is 51.7 Å². The monoisotopic (exact) mass is 374 g/mol. The van der Waals surface area contributed by atoms with Crippen molar-refractivity contribution in [2.45, 2.75) is 51.0 Å². The van der Waals surface area contributed by atoms with E-state index in [-0.39, 0.29) is 17.9 Å². The minimum atomic E-state index is 0.129. The summed E-state index contributed by atoms with van der Waals surface area (Å²) < 4.78 is 12.2. The highest BCUT2D eigenvalue weighted by atomic mass is 32.1. The maximum Gasteiger partial charge on any atom is 0.231 e. The molecule has 1 aromatic carbocycles. The number of amides is 1. The number of nitrogens with zero attached hydrogens (tertiary/aromatic N) is 2. The van der Waals surface area contributed by atoms with E-state index in [0.717, 1.165) is 66.2 Å². The van der Waals surface area contributed by atoms with E-state index >= 15 is 0 Å². The lowest BCUT2D eigenvalue weighted by Gasteiger charge is -2.29. The molecule has 0 spiro atoms. The van der Waals surface area contributed by atoms with Crippen molar-refractivity contribution in [1.82, 2.24) is 4.98 Å². The van der Waals surface area contributed by atoms with Gasteiger partial charge in [0.2, 0.25) is 5.91 Å². The van der Waals surface area contributed by atoms with Gasteiger partial charge in [-0.3, -0.25) is 9.69 Å². The quantitative estimate of drug-likeness (QED) is 0.778. The van der Waals surface area contributed by atoms with Crippen LogP contribution in [0.15, 0.2) is 18.2 Å². The van der Waals surface area contributed by atoms with Crippen LogP contribution in [0.5, 0.6) is 5.75 Å².